The minimum Gasteiger partial charge on any atom is -0.490 e. The van der Waals surface area contributed by atoms with Gasteiger partial charge in [-0.2, -0.15) is 0 Å². The maximum absolute atomic E-state index is 12.4. The van der Waals surface area contributed by atoms with E-state index in [-0.39, 0.29) is 11.6 Å². The SMILES string of the molecule is CCOc1cc(/C=C2\N=C(c3ccccc3Cl)OC2=O)cc(I)c1OCc1cccc(Cl)c1. The largest absolute Gasteiger partial charge is 0.490 e. The highest BCUT2D eigenvalue weighted by atomic mass is 127. The number of hydrogen-bond donors (Lipinski definition) is 0. The van der Waals surface area contributed by atoms with Gasteiger partial charge in [-0.1, -0.05) is 47.5 Å². The van der Waals surface area contributed by atoms with Crippen LogP contribution in [0.1, 0.15) is 23.6 Å². The van der Waals surface area contributed by atoms with E-state index in [1.54, 1.807) is 30.3 Å². The molecular weight excluding hydrogens is 576 g/mol. The molecule has 168 valence electrons. The average molecular weight is 594 g/mol. The quantitative estimate of drug-likeness (QED) is 0.169. The molecule has 0 bridgehead atoms. The Bertz CT molecular complexity index is 1270. The van der Waals surface area contributed by atoms with E-state index < -0.39 is 5.97 Å². The predicted molar refractivity (Wildman–Crippen MR) is 138 cm³/mol. The Kier molecular flexibility index (Phi) is 7.57. The lowest BCUT2D eigenvalue weighted by molar-refractivity contribution is -0.129. The first-order valence-corrected chi connectivity index (χ1v) is 11.9. The fraction of sp³-hybridized carbons (Fsp3) is 0.120. The molecule has 1 aliphatic rings. The third kappa shape index (κ3) is 5.69. The summed E-state index contributed by atoms with van der Waals surface area (Å²) in [5.41, 5.74) is 2.41. The van der Waals surface area contributed by atoms with Crippen molar-refractivity contribution in [1.82, 2.24) is 0 Å². The van der Waals surface area contributed by atoms with Crippen molar-refractivity contribution < 1.29 is 19.0 Å². The molecule has 0 atom stereocenters. The van der Waals surface area contributed by atoms with E-state index >= 15 is 0 Å². The molecule has 8 heteroatoms. The molecule has 0 saturated heterocycles. The van der Waals surface area contributed by atoms with E-state index in [0.717, 1.165) is 14.7 Å². The van der Waals surface area contributed by atoms with Gasteiger partial charge in [0.25, 0.3) is 0 Å². The summed E-state index contributed by atoms with van der Waals surface area (Å²) >= 11 is 14.5. The van der Waals surface area contributed by atoms with Gasteiger partial charge in [-0.3, -0.25) is 0 Å². The summed E-state index contributed by atoms with van der Waals surface area (Å²) in [6, 6.07) is 18.3. The van der Waals surface area contributed by atoms with Gasteiger partial charge >= 0.3 is 5.97 Å². The molecule has 0 fully saturated rings. The maximum Gasteiger partial charge on any atom is 0.363 e. The van der Waals surface area contributed by atoms with Crippen molar-refractivity contribution in [3.63, 3.8) is 0 Å². The number of benzene rings is 3. The lowest BCUT2D eigenvalue weighted by Crippen LogP contribution is -2.05. The molecular formula is C25H18Cl2INO4. The van der Waals surface area contributed by atoms with Crippen molar-refractivity contribution in [3.05, 3.63) is 96.7 Å². The second-order valence-electron chi connectivity index (χ2n) is 7.00. The van der Waals surface area contributed by atoms with Crippen LogP contribution in [0.25, 0.3) is 6.08 Å². The Hall–Kier alpha value is -2.55. The number of nitrogens with zero attached hydrogens (tertiary/aromatic N) is 1. The normalized spacial score (nSPS) is 14.2. The fourth-order valence-electron chi connectivity index (χ4n) is 3.17. The zero-order valence-corrected chi connectivity index (χ0v) is 21.1. The molecule has 33 heavy (non-hydrogen) atoms. The number of esters is 1. The lowest BCUT2D eigenvalue weighted by atomic mass is 10.1. The molecule has 0 unspecified atom stereocenters. The highest BCUT2D eigenvalue weighted by Crippen LogP contribution is 2.36. The highest BCUT2D eigenvalue weighted by molar-refractivity contribution is 14.1. The van der Waals surface area contributed by atoms with Crippen LogP contribution in [0.15, 0.2) is 71.4 Å². The Labute approximate surface area is 215 Å². The van der Waals surface area contributed by atoms with E-state index in [4.69, 9.17) is 37.4 Å². The molecule has 4 rings (SSSR count). The minimum atomic E-state index is -0.542. The van der Waals surface area contributed by atoms with Crippen molar-refractivity contribution in [2.24, 2.45) is 4.99 Å². The second kappa shape index (κ2) is 10.6. The van der Waals surface area contributed by atoms with E-state index in [9.17, 15) is 4.79 Å². The highest BCUT2D eigenvalue weighted by Gasteiger charge is 2.25. The van der Waals surface area contributed by atoms with Crippen molar-refractivity contribution in [2.45, 2.75) is 13.5 Å². The summed E-state index contributed by atoms with van der Waals surface area (Å²) in [5, 5.41) is 1.11. The molecule has 3 aromatic carbocycles. The maximum atomic E-state index is 12.4. The van der Waals surface area contributed by atoms with Crippen LogP contribution in [0.5, 0.6) is 11.5 Å². The summed E-state index contributed by atoms with van der Waals surface area (Å²) in [6.45, 7) is 2.70. The van der Waals surface area contributed by atoms with Crippen LogP contribution < -0.4 is 9.47 Å². The van der Waals surface area contributed by atoms with Gasteiger partial charge in [0.15, 0.2) is 17.2 Å². The van der Waals surface area contributed by atoms with Gasteiger partial charge in [0, 0.05) is 5.02 Å². The zero-order valence-electron chi connectivity index (χ0n) is 17.5. The number of ether oxygens (including phenoxy) is 3. The molecule has 1 heterocycles. The average Bonchev–Trinajstić information content (AvgIpc) is 3.13. The van der Waals surface area contributed by atoms with E-state index in [2.05, 4.69) is 27.6 Å². The zero-order chi connectivity index (χ0) is 23.4. The molecule has 0 aromatic heterocycles. The predicted octanol–water partition coefficient (Wildman–Crippen LogP) is 6.92. The molecule has 0 spiro atoms. The Morgan fingerprint density at radius 1 is 1.06 bits per heavy atom. The number of halogens is 3. The second-order valence-corrected chi connectivity index (χ2v) is 9.00. The summed E-state index contributed by atoms with van der Waals surface area (Å²) in [5.74, 6) is 0.825. The molecule has 0 radical (unpaired) electrons. The topological polar surface area (TPSA) is 57.1 Å². The number of rotatable bonds is 7. The van der Waals surface area contributed by atoms with E-state index in [1.165, 1.54) is 0 Å². The number of carbonyl (C=O) groups is 1. The minimum absolute atomic E-state index is 0.177. The van der Waals surface area contributed by atoms with Crippen LogP contribution in [-0.2, 0) is 16.1 Å². The number of aliphatic imine (C=N–C) groups is 1. The number of cyclic esters (lactones) is 1. The van der Waals surface area contributed by atoms with Gasteiger partial charge in [0.1, 0.15) is 6.61 Å². The van der Waals surface area contributed by atoms with Crippen LogP contribution >= 0.6 is 45.8 Å². The van der Waals surface area contributed by atoms with Gasteiger partial charge in [-0.25, -0.2) is 9.79 Å². The third-order valence-corrected chi connectivity index (χ3v) is 6.00. The van der Waals surface area contributed by atoms with Crippen LogP contribution in [0.3, 0.4) is 0 Å². The van der Waals surface area contributed by atoms with Gasteiger partial charge < -0.3 is 14.2 Å². The van der Waals surface area contributed by atoms with Crippen LogP contribution in [0.2, 0.25) is 10.0 Å². The Balaban J connectivity index is 1.62. The molecule has 0 saturated carbocycles. The van der Waals surface area contributed by atoms with Crippen molar-refractivity contribution in [2.75, 3.05) is 6.61 Å². The molecule has 5 nitrogen and oxygen atoms in total. The van der Waals surface area contributed by atoms with Crippen molar-refractivity contribution in [1.29, 1.82) is 0 Å². The van der Waals surface area contributed by atoms with E-state index in [1.807, 2.05) is 43.3 Å². The smallest absolute Gasteiger partial charge is 0.363 e. The first-order valence-electron chi connectivity index (χ1n) is 10.1. The number of carbonyl (C=O) groups excluding carboxylic acids is 1. The molecule has 3 aromatic rings. The molecule has 0 amide bonds. The van der Waals surface area contributed by atoms with Crippen LogP contribution in [0.4, 0.5) is 0 Å². The van der Waals surface area contributed by atoms with Gasteiger partial charge in [0.05, 0.1) is 20.8 Å². The first kappa shape index (κ1) is 23.6. The first-order chi connectivity index (χ1) is 15.9. The van der Waals surface area contributed by atoms with Crippen LogP contribution in [0, 0.1) is 3.57 Å². The summed E-state index contributed by atoms with van der Waals surface area (Å²) in [4.78, 5) is 16.7. The standard InChI is InChI=1S/C25H18Cl2INO4/c1-2-31-22-13-16(11-20(28)23(22)32-14-15-6-5-7-17(26)10-15)12-21-25(30)33-24(29-21)18-8-3-4-9-19(18)27/h3-13H,2,14H2,1H3/b21-12-. The number of hydrogen-bond acceptors (Lipinski definition) is 5. The van der Waals surface area contributed by atoms with Crippen molar-refractivity contribution >= 4 is 63.7 Å². The van der Waals surface area contributed by atoms with Gasteiger partial charge in [-0.05, 0) is 83.1 Å². The van der Waals surface area contributed by atoms with Crippen molar-refractivity contribution in [3.8, 4) is 11.5 Å². The molecule has 0 N–H and O–H groups in total. The summed E-state index contributed by atoms with van der Waals surface area (Å²) < 4.78 is 18.0. The monoisotopic (exact) mass is 593 g/mol. The Morgan fingerprint density at radius 2 is 1.88 bits per heavy atom. The van der Waals surface area contributed by atoms with E-state index in [0.29, 0.717) is 40.3 Å². The molecule has 1 aliphatic heterocycles. The summed E-state index contributed by atoms with van der Waals surface area (Å²) in [6.07, 6.45) is 1.65. The molecule has 0 aliphatic carbocycles. The van der Waals surface area contributed by atoms with Gasteiger partial charge in [-0.15, -0.1) is 0 Å². The lowest BCUT2D eigenvalue weighted by Gasteiger charge is -2.15. The fourth-order valence-corrected chi connectivity index (χ4v) is 4.38. The van der Waals surface area contributed by atoms with Crippen LogP contribution in [-0.4, -0.2) is 18.5 Å². The summed E-state index contributed by atoms with van der Waals surface area (Å²) in [7, 11) is 0. The third-order valence-electron chi connectivity index (χ3n) is 4.63. The van der Waals surface area contributed by atoms with Gasteiger partial charge in [0.2, 0.25) is 5.90 Å². The Morgan fingerprint density at radius 3 is 2.64 bits per heavy atom.